The molecule has 0 aliphatic carbocycles. The lowest BCUT2D eigenvalue weighted by molar-refractivity contribution is 0.505. The second kappa shape index (κ2) is 35.8. The number of hydrogen-bond acceptors (Lipinski definition) is 2. The van der Waals surface area contributed by atoms with Crippen LogP contribution in [-0.2, 0) is 0 Å². The summed E-state index contributed by atoms with van der Waals surface area (Å²) in [6, 6.07) is 0. The molecule has 0 bridgehead atoms. The van der Waals surface area contributed by atoms with Gasteiger partial charge in [-0.3, -0.25) is 0 Å². The first-order chi connectivity index (χ1) is 15.1. The van der Waals surface area contributed by atoms with E-state index in [-0.39, 0.29) is 12.4 Å². The van der Waals surface area contributed by atoms with E-state index >= 15 is 0 Å². The molecular weight excluding hydrogens is 412 g/mol. The summed E-state index contributed by atoms with van der Waals surface area (Å²) in [7, 11) is 6.00. The zero-order chi connectivity index (χ0) is 23.3. The maximum Gasteiger partial charge on any atom is -0.00773 e. The lowest BCUT2D eigenvalue weighted by Crippen LogP contribution is -1.99. The first kappa shape index (κ1) is 36.8. The van der Waals surface area contributed by atoms with Crippen molar-refractivity contribution in [2.45, 2.75) is 161 Å². The third kappa shape index (κ3) is 44.0. The minimum Gasteiger partial charge on any atom is -0.330 e. The van der Waals surface area contributed by atoms with E-state index in [0.29, 0.717) is 0 Å². The van der Waals surface area contributed by atoms with Crippen molar-refractivity contribution < 1.29 is 0 Å². The van der Waals surface area contributed by atoms with Gasteiger partial charge in [0.15, 0.2) is 0 Å². The molecule has 0 fully saturated rings. The van der Waals surface area contributed by atoms with Gasteiger partial charge in [-0.25, -0.2) is 0 Å². The molecule has 32 heavy (non-hydrogen) atoms. The maximum absolute atomic E-state index is 5.52. The van der Waals surface area contributed by atoms with Crippen molar-refractivity contribution in [3.05, 3.63) is 0 Å². The van der Waals surface area contributed by atoms with Crippen molar-refractivity contribution in [3.63, 3.8) is 0 Å². The molecule has 0 aromatic rings. The molecule has 0 aromatic carbocycles. The summed E-state index contributed by atoms with van der Waals surface area (Å²) in [6.07, 6.45) is 34.8. The van der Waals surface area contributed by atoms with Gasteiger partial charge in [0.05, 0.1) is 0 Å². The predicted octanol–water partition coefficient (Wildman–Crippen LogP) is 9.93. The molecule has 0 aliphatic rings. The average Bonchev–Trinajstić information content (AvgIpc) is 2.74. The number of unbranched alkanes of at least 4 members (excludes halogenated alkanes) is 23. The fraction of sp³-hybridized carbons (Fsp3) is 1.00. The van der Waals surface area contributed by atoms with Gasteiger partial charge in [0.25, 0.3) is 0 Å². The molecule has 0 unspecified atom stereocenters. The molecule has 0 amide bonds. The molecule has 0 aliphatic heterocycles. The van der Waals surface area contributed by atoms with Gasteiger partial charge < -0.3 is 10.6 Å². The average molecular weight is 477 g/mol. The Labute approximate surface area is 211 Å². The minimum atomic E-state index is 0. The number of halogens is 1. The third-order valence-corrected chi connectivity index (χ3v) is 6.06. The van der Waals surface area contributed by atoms with Crippen LogP contribution >= 0.6 is 12.4 Å². The van der Waals surface area contributed by atoms with E-state index in [9.17, 15) is 0 Å². The quantitative estimate of drug-likeness (QED) is 0.140. The Morgan fingerprint density at radius 2 is 0.531 bits per heavy atom. The Balaban J connectivity index is -0.00000154. The first-order valence-corrected chi connectivity index (χ1v) is 14.5. The fourth-order valence-electron chi connectivity index (χ4n) is 4.11. The van der Waals surface area contributed by atoms with E-state index in [1.165, 1.54) is 154 Å². The lowest BCUT2D eigenvalue weighted by Gasteiger charge is -2.04. The van der Waals surface area contributed by atoms with Crippen LogP contribution in [0.1, 0.15) is 161 Å². The summed E-state index contributed by atoms with van der Waals surface area (Å²) >= 11 is 0. The molecule has 0 radical (unpaired) electrons. The van der Waals surface area contributed by atoms with Crippen molar-refractivity contribution in [1.29, 1.82) is 0 Å². The van der Waals surface area contributed by atoms with Crippen LogP contribution in [0.4, 0.5) is 0 Å². The molecular formula is C29H65ClN2. The SMILES string of the molecule is CCCCCCCCCCCCCCCCCCCCCCCCCCN.CN(C)C.Cl. The molecule has 0 spiro atoms. The van der Waals surface area contributed by atoms with Crippen LogP contribution < -0.4 is 5.73 Å². The highest BCUT2D eigenvalue weighted by molar-refractivity contribution is 5.85. The second-order valence-corrected chi connectivity index (χ2v) is 10.3. The van der Waals surface area contributed by atoms with Gasteiger partial charge >= 0.3 is 0 Å². The van der Waals surface area contributed by atoms with E-state index in [2.05, 4.69) is 6.92 Å². The number of nitrogens with two attached hydrogens (primary N) is 1. The van der Waals surface area contributed by atoms with Crippen LogP contribution in [0.2, 0.25) is 0 Å². The number of rotatable bonds is 24. The van der Waals surface area contributed by atoms with Gasteiger partial charge in [-0.1, -0.05) is 155 Å². The van der Waals surface area contributed by atoms with Crippen LogP contribution in [0, 0.1) is 0 Å². The van der Waals surface area contributed by atoms with E-state index in [1.54, 1.807) is 0 Å². The molecule has 0 rings (SSSR count). The van der Waals surface area contributed by atoms with Crippen molar-refractivity contribution in [2.75, 3.05) is 27.7 Å². The summed E-state index contributed by atoms with van der Waals surface area (Å²) < 4.78 is 0. The van der Waals surface area contributed by atoms with Crippen molar-refractivity contribution in [1.82, 2.24) is 4.90 Å². The van der Waals surface area contributed by atoms with Gasteiger partial charge in [-0.2, -0.15) is 0 Å². The van der Waals surface area contributed by atoms with Crippen LogP contribution in [0.5, 0.6) is 0 Å². The molecule has 2 nitrogen and oxygen atoms in total. The molecule has 0 saturated heterocycles. The van der Waals surface area contributed by atoms with Gasteiger partial charge in [-0.05, 0) is 34.1 Å². The van der Waals surface area contributed by atoms with Crippen molar-refractivity contribution >= 4 is 12.4 Å². The summed E-state index contributed by atoms with van der Waals surface area (Å²) in [5.41, 5.74) is 5.52. The van der Waals surface area contributed by atoms with Gasteiger partial charge in [0.2, 0.25) is 0 Å². The standard InChI is InChI=1S/C26H55N.C3H9N.ClH/c1-2-3-4-5-6-7-8-9-10-11-12-13-14-15-16-17-18-19-20-21-22-23-24-25-26-27;1-4(2)3;/h2-27H2,1H3;1-3H3;1H. The van der Waals surface area contributed by atoms with E-state index < -0.39 is 0 Å². The smallest absolute Gasteiger partial charge is 0.00773 e. The van der Waals surface area contributed by atoms with Crippen LogP contribution in [0.25, 0.3) is 0 Å². The predicted molar refractivity (Wildman–Crippen MR) is 152 cm³/mol. The minimum absolute atomic E-state index is 0. The fourth-order valence-corrected chi connectivity index (χ4v) is 4.11. The Kier molecular flexibility index (Phi) is 41.1. The molecule has 0 atom stereocenters. The zero-order valence-electron chi connectivity index (χ0n) is 23.1. The van der Waals surface area contributed by atoms with Gasteiger partial charge in [0, 0.05) is 0 Å². The second-order valence-electron chi connectivity index (χ2n) is 10.3. The van der Waals surface area contributed by atoms with Crippen LogP contribution in [0.15, 0.2) is 0 Å². The van der Waals surface area contributed by atoms with E-state index in [4.69, 9.17) is 5.73 Å². The Morgan fingerprint density at radius 1 is 0.375 bits per heavy atom. The maximum atomic E-state index is 5.52. The van der Waals surface area contributed by atoms with Crippen LogP contribution in [0.3, 0.4) is 0 Å². The number of nitrogens with zero attached hydrogens (tertiary/aromatic N) is 1. The Hall–Kier alpha value is 0.210. The zero-order valence-corrected chi connectivity index (χ0v) is 23.9. The molecule has 0 heterocycles. The molecule has 3 heteroatoms. The third-order valence-electron chi connectivity index (χ3n) is 6.06. The highest BCUT2D eigenvalue weighted by atomic mass is 35.5. The highest BCUT2D eigenvalue weighted by Gasteiger charge is 1.95. The number of hydrogen-bond donors (Lipinski definition) is 1. The summed E-state index contributed by atoms with van der Waals surface area (Å²) in [5, 5.41) is 0. The highest BCUT2D eigenvalue weighted by Crippen LogP contribution is 2.15. The van der Waals surface area contributed by atoms with Gasteiger partial charge in [0.1, 0.15) is 0 Å². The largest absolute Gasteiger partial charge is 0.330 e. The molecule has 0 aromatic heterocycles. The normalized spacial score (nSPS) is 10.7. The van der Waals surface area contributed by atoms with Crippen molar-refractivity contribution in [2.24, 2.45) is 5.73 Å². The van der Waals surface area contributed by atoms with E-state index in [1.807, 2.05) is 26.0 Å². The topological polar surface area (TPSA) is 29.3 Å². The van der Waals surface area contributed by atoms with Gasteiger partial charge in [-0.15, -0.1) is 12.4 Å². The molecule has 198 valence electrons. The summed E-state index contributed by atoms with van der Waals surface area (Å²) in [5.74, 6) is 0. The first-order valence-electron chi connectivity index (χ1n) is 14.5. The Bertz CT molecular complexity index is 258. The lowest BCUT2D eigenvalue weighted by atomic mass is 10.0. The molecule has 0 saturated carbocycles. The monoisotopic (exact) mass is 476 g/mol. The summed E-state index contributed by atoms with van der Waals surface area (Å²) in [6.45, 7) is 3.18. The summed E-state index contributed by atoms with van der Waals surface area (Å²) in [4.78, 5) is 2.00. The van der Waals surface area contributed by atoms with Crippen LogP contribution in [-0.4, -0.2) is 32.6 Å². The van der Waals surface area contributed by atoms with E-state index in [0.717, 1.165) is 6.54 Å². The molecule has 2 N–H and O–H groups in total. The van der Waals surface area contributed by atoms with Crippen molar-refractivity contribution in [3.8, 4) is 0 Å². The Morgan fingerprint density at radius 3 is 0.688 bits per heavy atom.